The van der Waals surface area contributed by atoms with Crippen molar-refractivity contribution >= 4 is 21.8 Å². The summed E-state index contributed by atoms with van der Waals surface area (Å²) in [5.41, 5.74) is 1.21. The minimum Gasteiger partial charge on any atom is -0.359 e. The summed E-state index contributed by atoms with van der Waals surface area (Å²) in [5, 5.41) is 7.88. The first-order chi connectivity index (χ1) is 7.02. The van der Waals surface area contributed by atoms with E-state index in [1.165, 1.54) is 5.56 Å². The predicted molar refractivity (Wildman–Crippen MR) is 68.2 cm³/mol. The van der Waals surface area contributed by atoms with Crippen LogP contribution in [-0.2, 0) is 6.54 Å². The third kappa shape index (κ3) is 3.34. The van der Waals surface area contributed by atoms with E-state index in [1.54, 1.807) is 0 Å². The second-order valence-electron chi connectivity index (χ2n) is 3.99. The van der Waals surface area contributed by atoms with Gasteiger partial charge in [-0.25, -0.2) is 0 Å². The van der Waals surface area contributed by atoms with E-state index in [0.717, 1.165) is 11.0 Å². The molecule has 0 saturated carbocycles. The summed E-state index contributed by atoms with van der Waals surface area (Å²) in [5.74, 6) is 0.947. The molecule has 0 aliphatic rings. The normalized spacial score (nSPS) is 10.5. The van der Waals surface area contributed by atoms with Gasteiger partial charge in [-0.1, -0.05) is 48.0 Å². The number of nitrogens with zero attached hydrogens (tertiary/aromatic N) is 1. The van der Waals surface area contributed by atoms with Gasteiger partial charge in [0.2, 0.25) is 0 Å². The van der Waals surface area contributed by atoms with Crippen LogP contribution in [0.15, 0.2) is 28.7 Å². The van der Waals surface area contributed by atoms with Crippen LogP contribution in [0, 0.1) is 11.3 Å². The number of rotatable bonds is 3. The number of amidine groups is 1. The van der Waals surface area contributed by atoms with Gasteiger partial charge in [-0.05, 0) is 11.6 Å². The number of hydrogen-bond donors (Lipinski definition) is 1. The molecule has 0 spiro atoms. The molecule has 82 valence electrons. The second kappa shape index (κ2) is 5.31. The molecule has 0 aliphatic heterocycles. The predicted octanol–water partition coefficient (Wildman–Crippen LogP) is 3.51. The number of hydrogen-bond acceptors (Lipinski definition) is 1. The third-order valence-electron chi connectivity index (χ3n) is 2.32. The van der Waals surface area contributed by atoms with Crippen LogP contribution in [0.1, 0.15) is 19.4 Å². The van der Waals surface area contributed by atoms with E-state index in [1.807, 2.05) is 44.0 Å². The molecule has 3 heteroatoms. The highest BCUT2D eigenvalue weighted by molar-refractivity contribution is 9.10. The van der Waals surface area contributed by atoms with Gasteiger partial charge in [-0.3, -0.25) is 5.41 Å². The molecular formula is C12H17BrN2. The summed E-state index contributed by atoms with van der Waals surface area (Å²) in [6.07, 6.45) is 0. The monoisotopic (exact) mass is 268 g/mol. The van der Waals surface area contributed by atoms with Crippen LogP contribution in [0.5, 0.6) is 0 Å². The van der Waals surface area contributed by atoms with E-state index < -0.39 is 0 Å². The van der Waals surface area contributed by atoms with E-state index >= 15 is 0 Å². The summed E-state index contributed by atoms with van der Waals surface area (Å²) in [4.78, 5) is 1.98. The zero-order chi connectivity index (χ0) is 11.4. The molecule has 2 nitrogen and oxygen atoms in total. The Morgan fingerprint density at radius 3 is 2.53 bits per heavy atom. The van der Waals surface area contributed by atoms with E-state index in [2.05, 4.69) is 22.0 Å². The highest BCUT2D eigenvalue weighted by Gasteiger charge is 2.10. The average molecular weight is 269 g/mol. The molecule has 0 amide bonds. The molecule has 0 radical (unpaired) electrons. The van der Waals surface area contributed by atoms with Gasteiger partial charge in [0.1, 0.15) is 0 Å². The zero-order valence-corrected chi connectivity index (χ0v) is 11.0. The van der Waals surface area contributed by atoms with Crippen LogP contribution >= 0.6 is 15.9 Å². The Kier molecular flexibility index (Phi) is 4.33. The molecule has 1 aromatic rings. The topological polar surface area (TPSA) is 27.1 Å². The van der Waals surface area contributed by atoms with Gasteiger partial charge in [-0.2, -0.15) is 0 Å². The summed E-state index contributed by atoms with van der Waals surface area (Å²) in [6, 6.07) is 8.13. The Labute approximate surface area is 99.9 Å². The zero-order valence-electron chi connectivity index (χ0n) is 9.42. The van der Waals surface area contributed by atoms with Crippen molar-refractivity contribution in [3.63, 3.8) is 0 Å². The van der Waals surface area contributed by atoms with Gasteiger partial charge >= 0.3 is 0 Å². The van der Waals surface area contributed by atoms with Crippen molar-refractivity contribution in [3.05, 3.63) is 34.3 Å². The molecule has 1 N–H and O–H groups in total. The summed E-state index contributed by atoms with van der Waals surface area (Å²) in [7, 11) is 1.96. The minimum atomic E-state index is 0.275. The van der Waals surface area contributed by atoms with Gasteiger partial charge < -0.3 is 4.90 Å². The van der Waals surface area contributed by atoms with E-state index in [4.69, 9.17) is 5.41 Å². The lowest BCUT2D eigenvalue weighted by Crippen LogP contribution is -2.29. The maximum Gasteiger partial charge on any atom is 0.0984 e. The standard InChI is InChI=1S/C12H17BrN2/c1-9(2)12(14)15(3)8-10-6-4-5-7-11(10)13/h4-7,9,14H,8H2,1-3H3. The molecule has 0 fully saturated rings. The first-order valence-corrected chi connectivity index (χ1v) is 5.84. The first kappa shape index (κ1) is 12.2. The third-order valence-corrected chi connectivity index (χ3v) is 3.10. The highest BCUT2D eigenvalue weighted by atomic mass is 79.9. The molecule has 0 saturated heterocycles. The minimum absolute atomic E-state index is 0.275. The van der Waals surface area contributed by atoms with Crippen LogP contribution in [-0.4, -0.2) is 17.8 Å². The molecule has 1 rings (SSSR count). The Hall–Kier alpha value is -0.830. The first-order valence-electron chi connectivity index (χ1n) is 5.05. The molecule has 1 aromatic carbocycles. The highest BCUT2D eigenvalue weighted by Crippen LogP contribution is 2.17. The van der Waals surface area contributed by atoms with E-state index in [-0.39, 0.29) is 5.92 Å². The number of benzene rings is 1. The van der Waals surface area contributed by atoms with E-state index in [0.29, 0.717) is 5.84 Å². The smallest absolute Gasteiger partial charge is 0.0984 e. The van der Waals surface area contributed by atoms with Crippen molar-refractivity contribution in [1.82, 2.24) is 4.90 Å². The summed E-state index contributed by atoms with van der Waals surface area (Å²) in [6.45, 7) is 4.86. The fourth-order valence-electron chi connectivity index (χ4n) is 1.41. The SMILES string of the molecule is CC(C)C(=N)N(C)Cc1ccccc1Br. The van der Waals surface area contributed by atoms with Crippen molar-refractivity contribution in [2.45, 2.75) is 20.4 Å². The maximum absolute atomic E-state index is 7.88. The molecule has 0 aromatic heterocycles. The Bertz CT molecular complexity index is 347. The molecule has 0 atom stereocenters. The van der Waals surface area contributed by atoms with Gasteiger partial charge in [0.05, 0.1) is 5.84 Å². The fraction of sp³-hybridized carbons (Fsp3) is 0.417. The quantitative estimate of drug-likeness (QED) is 0.659. The number of halogens is 1. The lowest BCUT2D eigenvalue weighted by atomic mass is 10.1. The maximum atomic E-state index is 7.88. The molecule has 0 unspecified atom stereocenters. The van der Waals surface area contributed by atoms with Crippen LogP contribution in [0.4, 0.5) is 0 Å². The Balaban J connectivity index is 2.71. The number of nitrogens with one attached hydrogen (secondary N) is 1. The van der Waals surface area contributed by atoms with Crippen LogP contribution < -0.4 is 0 Å². The lowest BCUT2D eigenvalue weighted by Gasteiger charge is -2.23. The van der Waals surface area contributed by atoms with Crippen molar-refractivity contribution in [2.24, 2.45) is 5.92 Å². The average Bonchev–Trinajstić information content (AvgIpc) is 2.20. The summed E-state index contributed by atoms with van der Waals surface area (Å²) < 4.78 is 1.11. The van der Waals surface area contributed by atoms with Gasteiger partial charge in [-0.15, -0.1) is 0 Å². The van der Waals surface area contributed by atoms with Crippen molar-refractivity contribution < 1.29 is 0 Å². The lowest BCUT2D eigenvalue weighted by molar-refractivity contribution is 0.467. The molecule has 15 heavy (non-hydrogen) atoms. The van der Waals surface area contributed by atoms with Crippen molar-refractivity contribution in [3.8, 4) is 0 Å². The van der Waals surface area contributed by atoms with Gasteiger partial charge in [0.15, 0.2) is 0 Å². The van der Waals surface area contributed by atoms with Gasteiger partial charge in [0.25, 0.3) is 0 Å². The van der Waals surface area contributed by atoms with E-state index in [9.17, 15) is 0 Å². The fourth-order valence-corrected chi connectivity index (χ4v) is 1.82. The Morgan fingerprint density at radius 1 is 1.40 bits per heavy atom. The molecule has 0 bridgehead atoms. The van der Waals surface area contributed by atoms with Crippen molar-refractivity contribution in [2.75, 3.05) is 7.05 Å². The largest absolute Gasteiger partial charge is 0.359 e. The second-order valence-corrected chi connectivity index (χ2v) is 4.84. The molecule has 0 aliphatic carbocycles. The van der Waals surface area contributed by atoms with Gasteiger partial charge in [0, 0.05) is 24.0 Å². The van der Waals surface area contributed by atoms with Crippen LogP contribution in [0.25, 0.3) is 0 Å². The van der Waals surface area contributed by atoms with Crippen molar-refractivity contribution in [1.29, 1.82) is 5.41 Å². The van der Waals surface area contributed by atoms with Crippen LogP contribution in [0.3, 0.4) is 0 Å². The molecular weight excluding hydrogens is 252 g/mol. The summed E-state index contributed by atoms with van der Waals surface area (Å²) >= 11 is 3.51. The Morgan fingerprint density at radius 2 is 2.00 bits per heavy atom. The van der Waals surface area contributed by atoms with Crippen LogP contribution in [0.2, 0.25) is 0 Å². The molecule has 0 heterocycles.